The zero-order chi connectivity index (χ0) is 14.7. The second-order valence-corrected chi connectivity index (χ2v) is 7.15. The van der Waals surface area contributed by atoms with Crippen LogP contribution in [0.3, 0.4) is 0 Å². The van der Waals surface area contributed by atoms with Crippen LogP contribution in [-0.2, 0) is 4.79 Å². The Balaban J connectivity index is 2.52. The first-order valence-electron chi connectivity index (χ1n) is 7.35. The largest absolute Gasteiger partial charge is 0.354 e. The molecule has 1 saturated heterocycles. The van der Waals surface area contributed by atoms with E-state index in [0.29, 0.717) is 5.92 Å². The molecule has 0 aromatic carbocycles. The molecule has 0 spiro atoms. The van der Waals surface area contributed by atoms with E-state index in [-0.39, 0.29) is 11.3 Å². The summed E-state index contributed by atoms with van der Waals surface area (Å²) in [5.41, 5.74) is -0.354. The molecule has 1 aliphatic heterocycles. The third-order valence-electron chi connectivity index (χ3n) is 4.63. The first-order chi connectivity index (χ1) is 8.69. The number of carbonyl (C=O) groups excluding carboxylic acids is 1. The molecule has 1 atom stereocenters. The Morgan fingerprint density at radius 1 is 1.32 bits per heavy atom. The van der Waals surface area contributed by atoms with Crippen molar-refractivity contribution in [1.29, 1.82) is 0 Å². The summed E-state index contributed by atoms with van der Waals surface area (Å²) in [7, 11) is 4.01. The number of nitrogens with one attached hydrogen (secondary N) is 2. The second kappa shape index (κ2) is 6.23. The Morgan fingerprint density at radius 2 is 1.95 bits per heavy atom. The van der Waals surface area contributed by atoms with Gasteiger partial charge in [0.05, 0.1) is 5.54 Å². The predicted octanol–water partition coefficient (Wildman–Crippen LogP) is 1.47. The van der Waals surface area contributed by atoms with Crippen LogP contribution in [0.5, 0.6) is 0 Å². The van der Waals surface area contributed by atoms with Crippen LogP contribution in [0.2, 0.25) is 0 Å². The van der Waals surface area contributed by atoms with Gasteiger partial charge in [0.2, 0.25) is 5.91 Å². The minimum Gasteiger partial charge on any atom is -0.354 e. The molecule has 2 N–H and O–H groups in total. The van der Waals surface area contributed by atoms with E-state index < -0.39 is 5.54 Å². The lowest BCUT2D eigenvalue weighted by molar-refractivity contribution is -0.126. The van der Waals surface area contributed by atoms with Crippen molar-refractivity contribution >= 4 is 5.91 Å². The smallest absolute Gasteiger partial charge is 0.239 e. The Morgan fingerprint density at radius 3 is 2.47 bits per heavy atom. The lowest BCUT2D eigenvalue weighted by atomic mass is 9.74. The summed E-state index contributed by atoms with van der Waals surface area (Å²) in [6, 6.07) is 0. The number of likely N-dealkylation sites (N-methyl/N-ethyl adjacent to an activating group) is 1. The van der Waals surface area contributed by atoms with Crippen LogP contribution < -0.4 is 10.6 Å². The molecule has 1 aliphatic rings. The quantitative estimate of drug-likeness (QED) is 0.794. The fourth-order valence-electron chi connectivity index (χ4n) is 2.59. The van der Waals surface area contributed by atoms with Crippen molar-refractivity contribution < 1.29 is 4.79 Å². The van der Waals surface area contributed by atoms with Crippen LogP contribution in [0.15, 0.2) is 0 Å². The molecule has 0 aliphatic carbocycles. The van der Waals surface area contributed by atoms with E-state index in [9.17, 15) is 4.79 Å². The SMILES string of the molecule is CNC(C)(C)C(=O)NCC(C)(C)C1CCCN(C)C1. The Hall–Kier alpha value is -0.610. The van der Waals surface area contributed by atoms with Crippen molar-refractivity contribution in [3.63, 3.8) is 0 Å². The maximum Gasteiger partial charge on any atom is 0.239 e. The minimum absolute atomic E-state index is 0.0761. The number of hydrogen-bond acceptors (Lipinski definition) is 3. The molecule has 19 heavy (non-hydrogen) atoms. The molecule has 1 rings (SSSR count). The summed E-state index contributed by atoms with van der Waals surface area (Å²) in [5.74, 6) is 0.733. The third kappa shape index (κ3) is 4.46. The Bertz CT molecular complexity index is 313. The van der Waals surface area contributed by atoms with Crippen molar-refractivity contribution in [2.24, 2.45) is 11.3 Å². The number of rotatable bonds is 5. The maximum absolute atomic E-state index is 12.1. The van der Waals surface area contributed by atoms with Crippen molar-refractivity contribution in [2.45, 2.75) is 46.1 Å². The summed E-state index contributed by atoms with van der Waals surface area (Å²) in [6.07, 6.45) is 2.53. The van der Waals surface area contributed by atoms with Gasteiger partial charge in [0.25, 0.3) is 0 Å². The van der Waals surface area contributed by atoms with Crippen molar-refractivity contribution in [3.8, 4) is 0 Å². The summed E-state index contributed by atoms with van der Waals surface area (Å²) >= 11 is 0. The fourth-order valence-corrected chi connectivity index (χ4v) is 2.59. The third-order valence-corrected chi connectivity index (χ3v) is 4.63. The van der Waals surface area contributed by atoms with Gasteiger partial charge in [0, 0.05) is 13.1 Å². The predicted molar refractivity (Wildman–Crippen MR) is 80.2 cm³/mol. The van der Waals surface area contributed by atoms with Crippen LogP contribution in [0.25, 0.3) is 0 Å². The highest BCUT2D eigenvalue weighted by Crippen LogP contribution is 2.33. The van der Waals surface area contributed by atoms with E-state index in [1.807, 2.05) is 20.9 Å². The monoisotopic (exact) mass is 269 g/mol. The molecule has 0 aromatic rings. The van der Waals surface area contributed by atoms with Gasteiger partial charge in [-0.05, 0) is 58.7 Å². The molecule has 0 bridgehead atoms. The lowest BCUT2D eigenvalue weighted by Crippen LogP contribution is -2.54. The molecular weight excluding hydrogens is 238 g/mol. The fraction of sp³-hybridized carbons (Fsp3) is 0.933. The molecule has 4 nitrogen and oxygen atoms in total. The highest BCUT2D eigenvalue weighted by atomic mass is 16.2. The highest BCUT2D eigenvalue weighted by Gasteiger charge is 2.34. The topological polar surface area (TPSA) is 44.4 Å². The van der Waals surface area contributed by atoms with Crippen LogP contribution in [0.4, 0.5) is 0 Å². The van der Waals surface area contributed by atoms with Crippen molar-refractivity contribution in [1.82, 2.24) is 15.5 Å². The average Bonchev–Trinajstić information content (AvgIpc) is 2.36. The van der Waals surface area contributed by atoms with Crippen molar-refractivity contribution in [3.05, 3.63) is 0 Å². The van der Waals surface area contributed by atoms with E-state index in [0.717, 1.165) is 13.1 Å². The van der Waals surface area contributed by atoms with E-state index in [4.69, 9.17) is 0 Å². The second-order valence-electron chi connectivity index (χ2n) is 7.15. The maximum atomic E-state index is 12.1. The first kappa shape index (κ1) is 16.4. The van der Waals surface area contributed by atoms with Crippen molar-refractivity contribution in [2.75, 3.05) is 33.7 Å². The summed E-state index contributed by atoms with van der Waals surface area (Å²) in [4.78, 5) is 14.5. The van der Waals surface area contributed by atoms with E-state index in [2.05, 4.69) is 36.4 Å². The number of piperidine rings is 1. The minimum atomic E-state index is -0.501. The van der Waals surface area contributed by atoms with Gasteiger partial charge in [-0.1, -0.05) is 13.8 Å². The molecule has 1 amide bonds. The zero-order valence-corrected chi connectivity index (χ0v) is 13.5. The first-order valence-corrected chi connectivity index (χ1v) is 7.35. The lowest BCUT2D eigenvalue weighted by Gasteiger charge is -2.41. The van der Waals surface area contributed by atoms with E-state index >= 15 is 0 Å². The Kier molecular flexibility index (Phi) is 5.39. The molecule has 4 heteroatoms. The number of hydrogen-bond donors (Lipinski definition) is 2. The van der Waals surface area contributed by atoms with Gasteiger partial charge < -0.3 is 15.5 Å². The molecule has 0 saturated carbocycles. The van der Waals surface area contributed by atoms with Gasteiger partial charge in [-0.15, -0.1) is 0 Å². The summed E-state index contributed by atoms with van der Waals surface area (Å²) < 4.78 is 0. The molecule has 112 valence electrons. The van der Waals surface area contributed by atoms with Crippen LogP contribution in [0, 0.1) is 11.3 Å². The highest BCUT2D eigenvalue weighted by molar-refractivity contribution is 5.85. The van der Waals surface area contributed by atoms with Gasteiger partial charge in [0.15, 0.2) is 0 Å². The van der Waals surface area contributed by atoms with Gasteiger partial charge in [-0.25, -0.2) is 0 Å². The van der Waals surface area contributed by atoms with E-state index in [1.165, 1.54) is 19.4 Å². The normalized spacial score (nSPS) is 22.3. The van der Waals surface area contributed by atoms with Crippen LogP contribution in [0.1, 0.15) is 40.5 Å². The van der Waals surface area contributed by atoms with Gasteiger partial charge >= 0.3 is 0 Å². The molecule has 0 aromatic heterocycles. The molecule has 1 fully saturated rings. The van der Waals surface area contributed by atoms with Gasteiger partial charge in [-0.3, -0.25) is 4.79 Å². The Labute approximate surface area is 118 Å². The number of amides is 1. The van der Waals surface area contributed by atoms with Crippen LogP contribution >= 0.6 is 0 Å². The summed E-state index contributed by atoms with van der Waals surface area (Å²) in [6.45, 7) is 11.4. The average molecular weight is 269 g/mol. The standard InChI is InChI=1S/C15H31N3O/c1-14(2,12-8-7-9-18(6)10-12)11-17-13(19)15(3,4)16-5/h12,16H,7-11H2,1-6H3,(H,17,19). The zero-order valence-electron chi connectivity index (χ0n) is 13.5. The van der Waals surface area contributed by atoms with Crippen LogP contribution in [-0.4, -0.2) is 50.1 Å². The summed E-state index contributed by atoms with van der Waals surface area (Å²) in [5, 5.41) is 6.15. The van der Waals surface area contributed by atoms with Gasteiger partial charge in [-0.2, -0.15) is 0 Å². The molecular formula is C15H31N3O. The molecule has 1 heterocycles. The van der Waals surface area contributed by atoms with E-state index in [1.54, 1.807) is 0 Å². The molecule has 0 radical (unpaired) electrons. The number of carbonyl (C=O) groups is 1. The number of likely N-dealkylation sites (tertiary alicyclic amines) is 1. The number of nitrogens with zero attached hydrogens (tertiary/aromatic N) is 1. The molecule has 1 unspecified atom stereocenters. The van der Waals surface area contributed by atoms with Gasteiger partial charge in [0.1, 0.15) is 0 Å².